The number of hydrogen-bond acceptors (Lipinski definition) is 4. The zero-order valence-corrected chi connectivity index (χ0v) is 13.3. The van der Waals surface area contributed by atoms with Crippen LogP contribution in [0, 0.1) is 13.8 Å². The van der Waals surface area contributed by atoms with Crippen molar-refractivity contribution in [3.05, 3.63) is 63.9 Å². The van der Waals surface area contributed by atoms with E-state index in [1.165, 1.54) is 18.3 Å². The molecule has 0 spiro atoms. The highest BCUT2D eigenvalue weighted by atomic mass is 35.5. The standard InChI is InChI=1S/C17H16ClNO3/c1-10-4-5-11(2)14(8-10)16(20)12(3)22-17(21)13-6-7-15(18)19-9-13/h4-9,12H,1-3H3/t12-/m0/s1. The molecule has 0 amide bonds. The van der Waals surface area contributed by atoms with E-state index in [0.29, 0.717) is 5.56 Å². The molecule has 0 saturated heterocycles. The van der Waals surface area contributed by atoms with E-state index >= 15 is 0 Å². The molecule has 0 aliphatic carbocycles. The van der Waals surface area contributed by atoms with Gasteiger partial charge in [0, 0.05) is 11.8 Å². The lowest BCUT2D eigenvalue weighted by Crippen LogP contribution is -2.25. The summed E-state index contributed by atoms with van der Waals surface area (Å²) >= 11 is 5.67. The fourth-order valence-corrected chi connectivity index (χ4v) is 2.11. The number of aryl methyl sites for hydroxylation is 2. The first kappa shape index (κ1) is 16.2. The first-order valence-corrected chi connectivity index (χ1v) is 7.20. The molecular weight excluding hydrogens is 302 g/mol. The van der Waals surface area contributed by atoms with Gasteiger partial charge in [0.15, 0.2) is 6.10 Å². The lowest BCUT2D eigenvalue weighted by atomic mass is 9.99. The molecule has 0 bridgehead atoms. The van der Waals surface area contributed by atoms with Gasteiger partial charge in [0.2, 0.25) is 5.78 Å². The van der Waals surface area contributed by atoms with E-state index in [9.17, 15) is 9.59 Å². The minimum Gasteiger partial charge on any atom is -0.451 e. The van der Waals surface area contributed by atoms with Crippen LogP contribution in [0.3, 0.4) is 0 Å². The van der Waals surface area contributed by atoms with Gasteiger partial charge in [-0.25, -0.2) is 9.78 Å². The van der Waals surface area contributed by atoms with E-state index in [0.717, 1.165) is 11.1 Å². The highest BCUT2D eigenvalue weighted by Gasteiger charge is 2.22. The number of pyridine rings is 1. The summed E-state index contributed by atoms with van der Waals surface area (Å²) in [7, 11) is 0. The molecule has 2 aromatic rings. The third-order valence-electron chi connectivity index (χ3n) is 3.27. The third kappa shape index (κ3) is 3.71. The van der Waals surface area contributed by atoms with Gasteiger partial charge in [-0.2, -0.15) is 0 Å². The normalized spacial score (nSPS) is 11.8. The van der Waals surface area contributed by atoms with Crippen LogP contribution in [0.5, 0.6) is 0 Å². The lowest BCUT2D eigenvalue weighted by Gasteiger charge is -2.14. The van der Waals surface area contributed by atoms with Gasteiger partial charge in [0.05, 0.1) is 5.56 Å². The fourth-order valence-electron chi connectivity index (χ4n) is 2.00. The Morgan fingerprint density at radius 1 is 1.18 bits per heavy atom. The Morgan fingerprint density at radius 2 is 1.91 bits per heavy atom. The maximum atomic E-state index is 12.4. The molecule has 1 heterocycles. The van der Waals surface area contributed by atoms with E-state index in [2.05, 4.69) is 4.98 Å². The quantitative estimate of drug-likeness (QED) is 0.489. The van der Waals surface area contributed by atoms with Crippen molar-refractivity contribution in [3.8, 4) is 0 Å². The SMILES string of the molecule is Cc1ccc(C)c(C(=O)[C@H](C)OC(=O)c2ccc(Cl)nc2)c1. The van der Waals surface area contributed by atoms with Crippen molar-refractivity contribution in [2.75, 3.05) is 0 Å². The van der Waals surface area contributed by atoms with Crippen molar-refractivity contribution >= 4 is 23.4 Å². The van der Waals surface area contributed by atoms with Gasteiger partial charge >= 0.3 is 5.97 Å². The molecule has 5 heteroatoms. The molecule has 0 radical (unpaired) electrons. The molecule has 1 aromatic carbocycles. The second-order valence-corrected chi connectivity index (χ2v) is 5.49. The van der Waals surface area contributed by atoms with Crippen LogP contribution < -0.4 is 0 Å². The molecular formula is C17H16ClNO3. The lowest BCUT2D eigenvalue weighted by molar-refractivity contribution is 0.0318. The van der Waals surface area contributed by atoms with E-state index in [4.69, 9.17) is 16.3 Å². The zero-order valence-electron chi connectivity index (χ0n) is 12.6. The van der Waals surface area contributed by atoms with Crippen molar-refractivity contribution in [2.45, 2.75) is 26.9 Å². The summed E-state index contributed by atoms with van der Waals surface area (Å²) in [6.45, 7) is 5.32. The molecule has 2 rings (SSSR count). The number of rotatable bonds is 4. The van der Waals surface area contributed by atoms with Crippen molar-refractivity contribution in [1.29, 1.82) is 0 Å². The fraction of sp³-hybridized carbons (Fsp3) is 0.235. The summed E-state index contributed by atoms with van der Waals surface area (Å²) in [6.07, 6.45) is 0.448. The Morgan fingerprint density at radius 3 is 2.55 bits per heavy atom. The van der Waals surface area contributed by atoms with Gasteiger partial charge in [-0.3, -0.25) is 4.79 Å². The van der Waals surface area contributed by atoms with E-state index in [-0.39, 0.29) is 16.5 Å². The smallest absolute Gasteiger partial charge is 0.340 e. The van der Waals surface area contributed by atoms with Crippen molar-refractivity contribution in [3.63, 3.8) is 0 Å². The molecule has 22 heavy (non-hydrogen) atoms. The molecule has 114 valence electrons. The van der Waals surface area contributed by atoms with E-state index < -0.39 is 12.1 Å². The number of ketones is 1. The number of esters is 1. The molecule has 0 aliphatic heterocycles. The number of carbonyl (C=O) groups is 2. The Kier molecular flexibility index (Phi) is 4.93. The number of ether oxygens (including phenoxy) is 1. The Hall–Kier alpha value is -2.20. The van der Waals surface area contributed by atoms with E-state index in [1.54, 1.807) is 13.0 Å². The summed E-state index contributed by atoms with van der Waals surface area (Å²) in [5.41, 5.74) is 2.65. The van der Waals surface area contributed by atoms with Crippen molar-refractivity contribution < 1.29 is 14.3 Å². The predicted molar refractivity (Wildman–Crippen MR) is 84.4 cm³/mol. The Balaban J connectivity index is 2.12. The Labute approximate surface area is 134 Å². The van der Waals surface area contributed by atoms with Crippen molar-refractivity contribution in [2.24, 2.45) is 0 Å². The minimum atomic E-state index is -0.872. The molecule has 4 nitrogen and oxygen atoms in total. The number of Topliss-reactive ketones (excluding diaryl/α,β-unsaturated/α-hetero) is 1. The molecule has 0 aliphatic rings. The first-order valence-electron chi connectivity index (χ1n) is 6.82. The summed E-state index contributed by atoms with van der Waals surface area (Å²) < 4.78 is 5.22. The number of carbonyl (C=O) groups excluding carboxylic acids is 2. The van der Waals surface area contributed by atoms with Crippen LogP contribution >= 0.6 is 11.6 Å². The van der Waals surface area contributed by atoms with Gasteiger partial charge in [-0.1, -0.05) is 29.3 Å². The second kappa shape index (κ2) is 6.71. The number of benzene rings is 1. The van der Waals surface area contributed by atoms with Crippen LogP contribution in [-0.2, 0) is 4.74 Å². The molecule has 0 unspecified atom stereocenters. The number of aromatic nitrogens is 1. The second-order valence-electron chi connectivity index (χ2n) is 5.10. The predicted octanol–water partition coefficient (Wildman–Crippen LogP) is 3.78. The summed E-state index contributed by atoms with van der Waals surface area (Å²) in [6, 6.07) is 8.61. The molecule has 0 fully saturated rings. The summed E-state index contributed by atoms with van der Waals surface area (Å²) in [5, 5.41) is 0.288. The number of halogens is 1. The maximum absolute atomic E-state index is 12.4. The average molecular weight is 318 g/mol. The van der Waals surface area contributed by atoms with Gasteiger partial charge in [0.1, 0.15) is 5.15 Å². The van der Waals surface area contributed by atoms with Gasteiger partial charge in [0.25, 0.3) is 0 Å². The van der Waals surface area contributed by atoms with Crippen LogP contribution in [0.25, 0.3) is 0 Å². The number of hydrogen-bond donors (Lipinski definition) is 0. The van der Waals surface area contributed by atoms with Crippen molar-refractivity contribution in [1.82, 2.24) is 4.98 Å². The zero-order chi connectivity index (χ0) is 16.3. The first-order chi connectivity index (χ1) is 10.4. The Bertz CT molecular complexity index is 710. The van der Waals surface area contributed by atoms with Crippen LogP contribution in [0.1, 0.15) is 38.8 Å². The molecule has 1 atom stereocenters. The maximum Gasteiger partial charge on any atom is 0.340 e. The third-order valence-corrected chi connectivity index (χ3v) is 3.50. The molecule has 0 saturated carbocycles. The van der Waals surface area contributed by atoms with Crippen LogP contribution in [0.4, 0.5) is 0 Å². The highest BCUT2D eigenvalue weighted by Crippen LogP contribution is 2.15. The van der Waals surface area contributed by atoms with Crippen LogP contribution in [0.2, 0.25) is 5.15 Å². The number of nitrogens with zero attached hydrogens (tertiary/aromatic N) is 1. The minimum absolute atomic E-state index is 0.225. The van der Waals surface area contributed by atoms with Crippen LogP contribution in [-0.4, -0.2) is 22.8 Å². The molecule has 1 aromatic heterocycles. The largest absolute Gasteiger partial charge is 0.451 e. The van der Waals surface area contributed by atoms with Crippen LogP contribution in [0.15, 0.2) is 36.5 Å². The topological polar surface area (TPSA) is 56.3 Å². The summed E-state index contributed by atoms with van der Waals surface area (Å²) in [4.78, 5) is 28.2. The van der Waals surface area contributed by atoms with Gasteiger partial charge in [-0.15, -0.1) is 0 Å². The molecule has 0 N–H and O–H groups in total. The highest BCUT2D eigenvalue weighted by molar-refractivity contribution is 6.29. The van der Waals surface area contributed by atoms with E-state index in [1.807, 2.05) is 26.0 Å². The average Bonchev–Trinajstić information content (AvgIpc) is 2.49. The summed E-state index contributed by atoms with van der Waals surface area (Å²) in [5.74, 6) is -0.827. The van der Waals surface area contributed by atoms with Gasteiger partial charge < -0.3 is 4.74 Å². The monoisotopic (exact) mass is 317 g/mol. The van der Waals surface area contributed by atoms with Gasteiger partial charge in [-0.05, 0) is 44.5 Å².